The van der Waals surface area contributed by atoms with Crippen LogP contribution in [0.4, 0.5) is 16.2 Å². The highest BCUT2D eigenvalue weighted by molar-refractivity contribution is 6.33. The molecule has 116 valence electrons. The Morgan fingerprint density at radius 2 is 2.05 bits per heavy atom. The number of benzene rings is 2. The molecule has 2 rings (SSSR count). The molecule has 0 spiro atoms. The number of ether oxygens (including phenoxy) is 1. The Bertz CT molecular complexity index is 662. The Kier molecular flexibility index (Phi) is 5.49. The first-order valence-electron chi connectivity index (χ1n) is 6.90. The molecule has 4 N–H and O–H groups in total. The smallest absolute Gasteiger partial charge is 0.321 e. The van der Waals surface area contributed by atoms with Crippen molar-refractivity contribution in [2.45, 2.75) is 13.3 Å². The second-order valence-electron chi connectivity index (χ2n) is 4.62. The summed E-state index contributed by atoms with van der Waals surface area (Å²) >= 11 is 5.89. The number of carbonyl (C=O) groups is 1. The molecule has 0 heterocycles. The molecule has 0 atom stereocenters. The van der Waals surface area contributed by atoms with E-state index in [1.54, 1.807) is 18.2 Å². The molecule has 2 amide bonds. The minimum absolute atomic E-state index is 0.0750. The Morgan fingerprint density at radius 3 is 2.77 bits per heavy atom. The van der Waals surface area contributed by atoms with E-state index in [1.807, 2.05) is 31.2 Å². The molecule has 6 heteroatoms. The summed E-state index contributed by atoms with van der Waals surface area (Å²) in [7, 11) is 0. The minimum Gasteiger partial charge on any atom is -0.473 e. The van der Waals surface area contributed by atoms with E-state index in [-0.39, 0.29) is 12.8 Å². The zero-order valence-corrected chi connectivity index (χ0v) is 13.0. The number of nitrogen functional groups attached to an aromatic ring is 1. The van der Waals surface area contributed by atoms with Gasteiger partial charge >= 0.3 is 6.03 Å². The van der Waals surface area contributed by atoms with Crippen LogP contribution in [0.15, 0.2) is 42.5 Å². The van der Waals surface area contributed by atoms with Crippen molar-refractivity contribution in [3.05, 3.63) is 53.1 Å². The van der Waals surface area contributed by atoms with E-state index < -0.39 is 0 Å². The van der Waals surface area contributed by atoms with Crippen molar-refractivity contribution in [1.82, 2.24) is 5.32 Å². The van der Waals surface area contributed by atoms with Gasteiger partial charge in [0.1, 0.15) is 5.75 Å². The van der Waals surface area contributed by atoms with Gasteiger partial charge in [-0.15, -0.1) is 0 Å². The molecule has 0 saturated heterocycles. The summed E-state index contributed by atoms with van der Waals surface area (Å²) in [5.74, 6) is 0.765. The molecular weight excluding hydrogens is 302 g/mol. The lowest BCUT2D eigenvalue weighted by atomic mass is 10.1. The van der Waals surface area contributed by atoms with Crippen LogP contribution in [0.25, 0.3) is 0 Å². The van der Waals surface area contributed by atoms with Gasteiger partial charge in [-0.25, -0.2) is 4.79 Å². The topological polar surface area (TPSA) is 76.4 Å². The molecule has 0 aliphatic carbocycles. The maximum absolute atomic E-state index is 11.8. The number of nitrogens with two attached hydrogens (primary N) is 1. The third-order valence-electron chi connectivity index (χ3n) is 3.07. The van der Waals surface area contributed by atoms with E-state index in [2.05, 4.69) is 10.6 Å². The van der Waals surface area contributed by atoms with Crippen LogP contribution in [0.5, 0.6) is 5.75 Å². The van der Waals surface area contributed by atoms with Gasteiger partial charge in [0.2, 0.25) is 0 Å². The van der Waals surface area contributed by atoms with Crippen LogP contribution in [0, 0.1) is 0 Å². The molecule has 0 saturated carbocycles. The zero-order chi connectivity index (χ0) is 15.9. The second kappa shape index (κ2) is 7.56. The van der Waals surface area contributed by atoms with E-state index in [4.69, 9.17) is 22.1 Å². The van der Waals surface area contributed by atoms with Crippen LogP contribution in [-0.4, -0.2) is 12.8 Å². The third-order valence-corrected chi connectivity index (χ3v) is 3.40. The molecule has 5 nitrogen and oxygen atoms in total. The van der Waals surface area contributed by atoms with Gasteiger partial charge in [0.15, 0.2) is 6.73 Å². The van der Waals surface area contributed by atoms with Gasteiger partial charge in [0.05, 0.1) is 10.7 Å². The predicted molar refractivity (Wildman–Crippen MR) is 89.3 cm³/mol. The summed E-state index contributed by atoms with van der Waals surface area (Å²) in [4.78, 5) is 11.8. The Morgan fingerprint density at radius 1 is 1.27 bits per heavy atom. The maximum atomic E-state index is 11.8. The van der Waals surface area contributed by atoms with E-state index >= 15 is 0 Å². The molecule has 0 aromatic heterocycles. The summed E-state index contributed by atoms with van der Waals surface area (Å²) in [6.45, 7) is 2.12. The molecule has 2 aromatic rings. The number of hydrogen-bond donors (Lipinski definition) is 3. The first-order valence-corrected chi connectivity index (χ1v) is 7.28. The summed E-state index contributed by atoms with van der Waals surface area (Å²) in [6.07, 6.45) is 0.867. The van der Waals surface area contributed by atoms with Gasteiger partial charge in [0, 0.05) is 5.69 Å². The monoisotopic (exact) mass is 319 g/mol. The highest BCUT2D eigenvalue weighted by Gasteiger charge is 2.05. The SMILES string of the molecule is CCc1ccccc1OCNC(=O)Nc1ccc(N)c(Cl)c1. The fourth-order valence-electron chi connectivity index (χ4n) is 1.90. The van der Waals surface area contributed by atoms with E-state index in [0.717, 1.165) is 17.7 Å². The lowest BCUT2D eigenvalue weighted by Gasteiger charge is -2.12. The summed E-state index contributed by atoms with van der Waals surface area (Å²) < 4.78 is 5.56. The first kappa shape index (κ1) is 16.0. The molecule has 0 unspecified atom stereocenters. The molecule has 0 fully saturated rings. The predicted octanol–water partition coefficient (Wildman–Crippen LogP) is 3.64. The average Bonchev–Trinajstić information content (AvgIpc) is 2.51. The fourth-order valence-corrected chi connectivity index (χ4v) is 2.08. The Labute approximate surface area is 134 Å². The first-order chi connectivity index (χ1) is 10.6. The van der Waals surface area contributed by atoms with Crippen molar-refractivity contribution < 1.29 is 9.53 Å². The quantitative estimate of drug-likeness (QED) is 0.581. The Balaban J connectivity index is 1.84. The number of hydrogen-bond acceptors (Lipinski definition) is 3. The van der Waals surface area contributed by atoms with Crippen molar-refractivity contribution in [1.29, 1.82) is 0 Å². The van der Waals surface area contributed by atoms with Crippen LogP contribution >= 0.6 is 11.6 Å². The zero-order valence-electron chi connectivity index (χ0n) is 12.2. The standard InChI is InChI=1S/C16H18ClN3O2/c1-2-11-5-3-4-6-15(11)22-10-19-16(21)20-12-7-8-14(18)13(17)9-12/h3-9H,2,10,18H2,1H3,(H2,19,20,21). The molecule has 0 radical (unpaired) electrons. The molecule has 0 aliphatic rings. The van der Waals surface area contributed by atoms with Crippen molar-refractivity contribution in [3.8, 4) is 5.75 Å². The maximum Gasteiger partial charge on any atom is 0.321 e. The summed E-state index contributed by atoms with van der Waals surface area (Å²) in [5.41, 5.74) is 7.73. The number of nitrogens with one attached hydrogen (secondary N) is 2. The van der Waals surface area contributed by atoms with Gasteiger partial charge in [-0.3, -0.25) is 0 Å². The molecule has 0 aliphatic heterocycles. The highest BCUT2D eigenvalue weighted by atomic mass is 35.5. The molecule has 0 bridgehead atoms. The van der Waals surface area contributed by atoms with Gasteiger partial charge in [-0.2, -0.15) is 0 Å². The van der Waals surface area contributed by atoms with Crippen LogP contribution in [-0.2, 0) is 6.42 Å². The molecule has 2 aromatic carbocycles. The van der Waals surface area contributed by atoms with Crippen molar-refractivity contribution in [2.24, 2.45) is 0 Å². The summed E-state index contributed by atoms with van der Waals surface area (Å²) in [6, 6.07) is 12.2. The lowest BCUT2D eigenvalue weighted by Crippen LogP contribution is -2.32. The van der Waals surface area contributed by atoms with E-state index in [1.165, 1.54) is 0 Å². The van der Waals surface area contributed by atoms with Crippen LogP contribution in [0.1, 0.15) is 12.5 Å². The number of urea groups is 1. The Hall–Kier alpha value is -2.40. The number of carbonyl (C=O) groups excluding carboxylic acids is 1. The van der Waals surface area contributed by atoms with Gasteiger partial charge < -0.3 is 21.1 Å². The average molecular weight is 320 g/mol. The number of halogens is 1. The number of amides is 2. The van der Waals surface area contributed by atoms with Crippen molar-refractivity contribution in [3.63, 3.8) is 0 Å². The number of rotatable bonds is 5. The fraction of sp³-hybridized carbons (Fsp3) is 0.188. The van der Waals surface area contributed by atoms with E-state index in [9.17, 15) is 4.79 Å². The van der Waals surface area contributed by atoms with Crippen LogP contribution in [0.3, 0.4) is 0 Å². The van der Waals surface area contributed by atoms with Crippen LogP contribution < -0.4 is 21.1 Å². The van der Waals surface area contributed by atoms with Gasteiger partial charge in [0.25, 0.3) is 0 Å². The molecule has 22 heavy (non-hydrogen) atoms. The number of aryl methyl sites for hydroxylation is 1. The van der Waals surface area contributed by atoms with Crippen LogP contribution in [0.2, 0.25) is 5.02 Å². The number of para-hydroxylation sites is 1. The normalized spacial score (nSPS) is 10.1. The van der Waals surface area contributed by atoms with E-state index in [0.29, 0.717) is 16.4 Å². The van der Waals surface area contributed by atoms with Gasteiger partial charge in [-0.1, -0.05) is 36.7 Å². The second-order valence-corrected chi connectivity index (χ2v) is 5.02. The highest BCUT2D eigenvalue weighted by Crippen LogP contribution is 2.22. The molecular formula is C16H18ClN3O2. The van der Waals surface area contributed by atoms with Crippen molar-refractivity contribution in [2.75, 3.05) is 17.8 Å². The third kappa shape index (κ3) is 4.30. The number of anilines is 2. The summed E-state index contributed by atoms with van der Waals surface area (Å²) in [5, 5.41) is 5.67. The lowest BCUT2D eigenvalue weighted by molar-refractivity contribution is 0.234. The van der Waals surface area contributed by atoms with Crippen molar-refractivity contribution >= 4 is 29.0 Å². The van der Waals surface area contributed by atoms with Gasteiger partial charge in [-0.05, 0) is 36.2 Å². The minimum atomic E-state index is -0.380. The largest absolute Gasteiger partial charge is 0.473 e.